The number of rotatable bonds is 3. The summed E-state index contributed by atoms with van der Waals surface area (Å²) in [6.07, 6.45) is 8.73. The van der Waals surface area contributed by atoms with Crippen LogP contribution in [-0.4, -0.2) is 16.4 Å². The fourth-order valence-corrected chi connectivity index (χ4v) is 3.36. The van der Waals surface area contributed by atoms with Crippen LogP contribution < -0.4 is 11.1 Å². The maximum atomic E-state index is 12.4. The average molecular weight is 359 g/mol. The number of carbonyl (C=O) groups excluding carboxylic acids is 1. The van der Waals surface area contributed by atoms with Crippen LogP contribution in [0.5, 0.6) is 0 Å². The number of furan rings is 1. The number of nitrogens with one attached hydrogen (secondary N) is 1. The van der Waals surface area contributed by atoms with E-state index in [1.54, 1.807) is 6.07 Å². The maximum absolute atomic E-state index is 12.4. The van der Waals surface area contributed by atoms with Crippen molar-refractivity contribution >= 4 is 39.0 Å². The van der Waals surface area contributed by atoms with Gasteiger partial charge < -0.3 is 15.5 Å². The molecule has 3 N–H and O–H groups in total. The standard InChI is InChI=1S/C14H19BrN2O2S/c15-11-10(6-9-19-11)12(18)17-14(13(16)20)7-4-2-1-3-5-8-14/h6,9H,1-5,7-8H2,(H2,16,20)(H,17,18). The third-order valence-electron chi connectivity index (χ3n) is 3.89. The Kier molecular flexibility index (Phi) is 5.21. The lowest BCUT2D eigenvalue weighted by molar-refractivity contribution is 0.0911. The van der Waals surface area contributed by atoms with Gasteiger partial charge in [0.15, 0.2) is 4.67 Å². The van der Waals surface area contributed by atoms with Crippen molar-refractivity contribution in [2.24, 2.45) is 5.73 Å². The molecule has 110 valence electrons. The number of halogens is 1. The van der Waals surface area contributed by atoms with Crippen molar-refractivity contribution in [3.8, 4) is 0 Å². The molecule has 1 heterocycles. The molecule has 6 heteroatoms. The van der Waals surface area contributed by atoms with Gasteiger partial charge in [-0.2, -0.15) is 0 Å². The van der Waals surface area contributed by atoms with Crippen molar-refractivity contribution < 1.29 is 9.21 Å². The summed E-state index contributed by atoms with van der Waals surface area (Å²) >= 11 is 8.46. The first-order valence-electron chi connectivity index (χ1n) is 6.90. The van der Waals surface area contributed by atoms with Gasteiger partial charge in [0.05, 0.1) is 22.4 Å². The van der Waals surface area contributed by atoms with Gasteiger partial charge in [0.25, 0.3) is 5.91 Å². The highest BCUT2D eigenvalue weighted by atomic mass is 79.9. The van der Waals surface area contributed by atoms with Gasteiger partial charge >= 0.3 is 0 Å². The topological polar surface area (TPSA) is 68.3 Å². The number of hydrogen-bond donors (Lipinski definition) is 2. The van der Waals surface area contributed by atoms with E-state index < -0.39 is 5.54 Å². The molecule has 0 bridgehead atoms. The smallest absolute Gasteiger partial charge is 0.256 e. The zero-order chi connectivity index (χ0) is 14.6. The molecule has 1 amide bonds. The number of hydrogen-bond acceptors (Lipinski definition) is 3. The first-order chi connectivity index (χ1) is 9.55. The Morgan fingerprint density at radius 1 is 1.30 bits per heavy atom. The van der Waals surface area contributed by atoms with Crippen LogP contribution in [0.4, 0.5) is 0 Å². The molecular formula is C14H19BrN2O2S. The van der Waals surface area contributed by atoms with Crippen molar-refractivity contribution in [1.82, 2.24) is 5.32 Å². The lowest BCUT2D eigenvalue weighted by atomic mass is 9.83. The lowest BCUT2D eigenvalue weighted by Crippen LogP contribution is -2.57. The molecule has 1 aromatic rings. The zero-order valence-electron chi connectivity index (χ0n) is 11.3. The van der Waals surface area contributed by atoms with Crippen LogP contribution >= 0.6 is 28.1 Å². The molecule has 0 aliphatic heterocycles. The van der Waals surface area contributed by atoms with Gasteiger partial charge in [0.1, 0.15) is 0 Å². The third kappa shape index (κ3) is 3.41. The van der Waals surface area contributed by atoms with Gasteiger partial charge in [-0.05, 0) is 34.8 Å². The van der Waals surface area contributed by atoms with E-state index in [0.29, 0.717) is 15.2 Å². The van der Waals surface area contributed by atoms with Crippen molar-refractivity contribution in [2.45, 2.75) is 50.5 Å². The summed E-state index contributed by atoms with van der Waals surface area (Å²) in [5, 5.41) is 3.05. The van der Waals surface area contributed by atoms with E-state index in [0.717, 1.165) is 38.5 Å². The number of nitrogens with two attached hydrogens (primary N) is 1. The number of amides is 1. The summed E-state index contributed by atoms with van der Waals surface area (Å²) in [7, 11) is 0. The highest BCUT2D eigenvalue weighted by Crippen LogP contribution is 2.28. The summed E-state index contributed by atoms with van der Waals surface area (Å²) in [5.74, 6) is -0.195. The van der Waals surface area contributed by atoms with E-state index in [9.17, 15) is 4.79 Å². The molecular weight excluding hydrogens is 340 g/mol. The van der Waals surface area contributed by atoms with E-state index in [2.05, 4.69) is 21.2 Å². The van der Waals surface area contributed by atoms with Crippen LogP contribution in [0.1, 0.15) is 55.3 Å². The highest BCUT2D eigenvalue weighted by Gasteiger charge is 2.35. The Bertz CT molecular complexity index is 493. The predicted octanol–water partition coefficient (Wildman–Crippen LogP) is 3.54. The van der Waals surface area contributed by atoms with Crippen LogP contribution in [0.2, 0.25) is 0 Å². The van der Waals surface area contributed by atoms with Gasteiger partial charge in [-0.1, -0.05) is 44.3 Å². The third-order valence-corrected chi connectivity index (χ3v) is 4.90. The molecule has 1 saturated carbocycles. The second-order valence-electron chi connectivity index (χ2n) is 5.28. The Labute approximate surface area is 132 Å². The molecule has 4 nitrogen and oxygen atoms in total. The molecule has 1 aliphatic carbocycles. The molecule has 20 heavy (non-hydrogen) atoms. The predicted molar refractivity (Wildman–Crippen MR) is 85.7 cm³/mol. The fourth-order valence-electron chi connectivity index (χ4n) is 2.68. The summed E-state index contributed by atoms with van der Waals surface area (Å²) in [5.41, 5.74) is 5.85. The van der Waals surface area contributed by atoms with E-state index in [4.69, 9.17) is 22.4 Å². The molecule has 0 saturated heterocycles. The zero-order valence-corrected chi connectivity index (χ0v) is 13.7. The van der Waals surface area contributed by atoms with Crippen molar-refractivity contribution in [3.63, 3.8) is 0 Å². The van der Waals surface area contributed by atoms with Gasteiger partial charge in [-0.15, -0.1) is 0 Å². The van der Waals surface area contributed by atoms with Crippen LogP contribution in [-0.2, 0) is 0 Å². The first kappa shape index (κ1) is 15.5. The van der Waals surface area contributed by atoms with Crippen LogP contribution in [0, 0.1) is 0 Å². The van der Waals surface area contributed by atoms with E-state index in [1.807, 2.05) is 0 Å². The summed E-state index contributed by atoms with van der Waals surface area (Å²) in [4.78, 5) is 12.8. The van der Waals surface area contributed by atoms with Gasteiger partial charge in [-0.3, -0.25) is 4.79 Å². The molecule has 0 atom stereocenters. The van der Waals surface area contributed by atoms with Crippen LogP contribution in [0.15, 0.2) is 21.4 Å². The van der Waals surface area contributed by atoms with Crippen LogP contribution in [0.25, 0.3) is 0 Å². The van der Waals surface area contributed by atoms with Crippen LogP contribution in [0.3, 0.4) is 0 Å². The lowest BCUT2D eigenvalue weighted by Gasteiger charge is -2.35. The van der Waals surface area contributed by atoms with Gasteiger partial charge in [0.2, 0.25) is 0 Å². The minimum atomic E-state index is -0.566. The second kappa shape index (κ2) is 6.72. The Balaban J connectivity index is 2.17. The SMILES string of the molecule is NC(=S)C1(NC(=O)c2ccoc2Br)CCCCCCC1. The Morgan fingerprint density at radius 3 is 2.40 bits per heavy atom. The molecule has 1 aromatic heterocycles. The molecule has 0 radical (unpaired) electrons. The molecule has 0 spiro atoms. The molecule has 2 rings (SSSR count). The minimum absolute atomic E-state index is 0.195. The van der Waals surface area contributed by atoms with E-state index in [1.165, 1.54) is 12.7 Å². The summed E-state index contributed by atoms with van der Waals surface area (Å²) in [6, 6.07) is 1.63. The number of thiocarbonyl (C=S) groups is 1. The van der Waals surface area contributed by atoms with Crippen molar-refractivity contribution in [3.05, 3.63) is 22.6 Å². The molecule has 0 unspecified atom stereocenters. The Morgan fingerprint density at radius 2 is 1.90 bits per heavy atom. The van der Waals surface area contributed by atoms with E-state index in [-0.39, 0.29) is 5.91 Å². The van der Waals surface area contributed by atoms with Crippen molar-refractivity contribution in [1.29, 1.82) is 0 Å². The summed E-state index contributed by atoms with van der Waals surface area (Å²) < 4.78 is 5.53. The Hall–Kier alpha value is -0.880. The molecule has 0 aromatic carbocycles. The highest BCUT2D eigenvalue weighted by molar-refractivity contribution is 9.10. The fraction of sp³-hybridized carbons (Fsp3) is 0.571. The van der Waals surface area contributed by atoms with Crippen molar-refractivity contribution in [2.75, 3.05) is 0 Å². The molecule has 1 aliphatic rings. The maximum Gasteiger partial charge on any atom is 0.256 e. The van der Waals surface area contributed by atoms with Gasteiger partial charge in [0, 0.05) is 0 Å². The first-order valence-corrected chi connectivity index (χ1v) is 8.11. The quantitative estimate of drug-likeness (QED) is 0.810. The molecule has 1 fully saturated rings. The average Bonchev–Trinajstić information content (AvgIpc) is 2.78. The minimum Gasteiger partial charge on any atom is -0.457 e. The normalized spacial score (nSPS) is 18.9. The largest absolute Gasteiger partial charge is 0.457 e. The summed E-state index contributed by atoms with van der Waals surface area (Å²) in [6.45, 7) is 0. The second-order valence-corrected chi connectivity index (χ2v) is 6.44. The number of carbonyl (C=O) groups is 1. The van der Waals surface area contributed by atoms with Gasteiger partial charge in [-0.25, -0.2) is 0 Å². The van der Waals surface area contributed by atoms with E-state index >= 15 is 0 Å². The monoisotopic (exact) mass is 358 g/mol.